The average Bonchev–Trinajstić information content (AvgIpc) is 2.74. The molecular weight excluding hydrogens is 346 g/mol. The Morgan fingerprint density at radius 1 is 0.857 bits per heavy atom. The zero-order valence-electron chi connectivity index (χ0n) is 15.9. The fourth-order valence-corrected chi connectivity index (χ4v) is 3.21. The van der Waals surface area contributed by atoms with E-state index in [-0.39, 0.29) is 6.04 Å². The minimum absolute atomic E-state index is 0.0699. The van der Waals surface area contributed by atoms with E-state index in [0.29, 0.717) is 6.61 Å². The van der Waals surface area contributed by atoms with Gasteiger partial charge in [-0.1, -0.05) is 42.0 Å². The predicted octanol–water partition coefficient (Wildman–Crippen LogP) is 4.55. The molecule has 0 aliphatic rings. The van der Waals surface area contributed by atoms with Crippen molar-refractivity contribution in [1.29, 1.82) is 0 Å². The molecule has 0 spiro atoms. The van der Waals surface area contributed by atoms with Crippen molar-refractivity contribution >= 4 is 10.8 Å². The quantitative estimate of drug-likeness (QED) is 0.541. The average molecular weight is 369 g/mol. The van der Waals surface area contributed by atoms with Gasteiger partial charge in [0.25, 0.3) is 0 Å². The summed E-state index contributed by atoms with van der Waals surface area (Å²) in [4.78, 5) is 8.49. The molecule has 4 heteroatoms. The highest BCUT2D eigenvalue weighted by Gasteiger charge is 2.07. The monoisotopic (exact) mass is 369 g/mol. The van der Waals surface area contributed by atoms with E-state index in [9.17, 15) is 0 Å². The normalized spacial score (nSPS) is 12.1. The molecule has 2 heterocycles. The van der Waals surface area contributed by atoms with Gasteiger partial charge in [0, 0.05) is 35.6 Å². The molecule has 2 N–H and O–H groups in total. The largest absolute Gasteiger partial charge is 0.490 e. The Labute approximate surface area is 165 Å². The van der Waals surface area contributed by atoms with Crippen molar-refractivity contribution in [2.45, 2.75) is 19.4 Å². The third kappa shape index (κ3) is 4.35. The molecule has 4 aromatic rings. The first kappa shape index (κ1) is 18.1. The second kappa shape index (κ2) is 8.19. The number of pyridine rings is 2. The van der Waals surface area contributed by atoms with E-state index >= 15 is 0 Å². The van der Waals surface area contributed by atoms with Crippen LogP contribution < -0.4 is 10.5 Å². The van der Waals surface area contributed by atoms with Gasteiger partial charge in [0.05, 0.1) is 6.20 Å². The molecule has 0 amide bonds. The Hall–Kier alpha value is -3.24. The van der Waals surface area contributed by atoms with E-state index < -0.39 is 0 Å². The highest BCUT2D eigenvalue weighted by molar-refractivity contribution is 5.86. The molecule has 28 heavy (non-hydrogen) atoms. The maximum Gasteiger partial charge on any atom is 0.138 e. The van der Waals surface area contributed by atoms with Gasteiger partial charge >= 0.3 is 0 Å². The lowest BCUT2D eigenvalue weighted by Gasteiger charge is -2.14. The van der Waals surface area contributed by atoms with Crippen LogP contribution in [0.2, 0.25) is 0 Å². The number of ether oxygens (including phenoxy) is 1. The van der Waals surface area contributed by atoms with Gasteiger partial charge in [-0.15, -0.1) is 0 Å². The number of aryl methyl sites for hydroxylation is 1. The predicted molar refractivity (Wildman–Crippen MR) is 113 cm³/mol. The first-order valence-electron chi connectivity index (χ1n) is 9.40. The van der Waals surface area contributed by atoms with Gasteiger partial charge in [-0.3, -0.25) is 9.97 Å². The van der Waals surface area contributed by atoms with E-state index in [1.165, 1.54) is 11.1 Å². The summed E-state index contributed by atoms with van der Waals surface area (Å²) in [6.45, 7) is 2.53. The van der Waals surface area contributed by atoms with Crippen LogP contribution in [0.25, 0.3) is 21.9 Å². The van der Waals surface area contributed by atoms with E-state index in [4.69, 9.17) is 10.5 Å². The lowest BCUT2D eigenvalue weighted by Crippen LogP contribution is -2.30. The summed E-state index contributed by atoms with van der Waals surface area (Å²) in [5, 5.41) is 2.27. The van der Waals surface area contributed by atoms with Crippen LogP contribution in [0.3, 0.4) is 0 Å². The molecule has 0 fully saturated rings. The Morgan fingerprint density at radius 3 is 2.57 bits per heavy atom. The second-order valence-electron chi connectivity index (χ2n) is 7.11. The summed E-state index contributed by atoms with van der Waals surface area (Å²) in [6, 6.07) is 18.7. The third-order valence-corrected chi connectivity index (χ3v) is 4.77. The van der Waals surface area contributed by atoms with E-state index in [0.717, 1.165) is 34.1 Å². The lowest BCUT2D eigenvalue weighted by atomic mass is 10.0. The molecule has 4 nitrogen and oxygen atoms in total. The SMILES string of the molecule is Cc1ccc(CC(N)COc2cncc(-c3ccc4cnccc4c3)c2)cc1. The maximum absolute atomic E-state index is 6.25. The second-order valence-corrected chi connectivity index (χ2v) is 7.11. The minimum atomic E-state index is -0.0699. The van der Waals surface area contributed by atoms with Crippen LogP contribution in [-0.4, -0.2) is 22.6 Å². The number of nitrogens with zero attached hydrogens (tertiary/aromatic N) is 2. The van der Waals surface area contributed by atoms with Crippen LogP contribution in [0, 0.1) is 6.92 Å². The highest BCUT2D eigenvalue weighted by Crippen LogP contribution is 2.26. The summed E-state index contributed by atoms with van der Waals surface area (Å²) in [6.07, 6.45) is 8.03. The van der Waals surface area contributed by atoms with Crippen molar-refractivity contribution in [3.05, 3.63) is 90.5 Å². The van der Waals surface area contributed by atoms with Crippen molar-refractivity contribution in [2.24, 2.45) is 5.73 Å². The van der Waals surface area contributed by atoms with Crippen LogP contribution in [-0.2, 0) is 6.42 Å². The number of fused-ring (bicyclic) bond motifs is 1. The smallest absolute Gasteiger partial charge is 0.138 e. The molecule has 0 radical (unpaired) electrons. The van der Waals surface area contributed by atoms with Gasteiger partial charge in [-0.05, 0) is 48.1 Å². The molecule has 0 bridgehead atoms. The van der Waals surface area contributed by atoms with E-state index in [1.807, 2.05) is 24.5 Å². The molecule has 2 aromatic carbocycles. The third-order valence-electron chi connectivity index (χ3n) is 4.77. The van der Waals surface area contributed by atoms with Crippen LogP contribution >= 0.6 is 0 Å². The standard InChI is InChI=1S/C24H23N3O/c1-17-2-4-18(5-3-17)10-23(25)16-28-24-12-22(14-27-15-24)19-6-7-21-13-26-9-8-20(21)11-19/h2-9,11-15,23H,10,16,25H2,1H3. The number of hydrogen-bond acceptors (Lipinski definition) is 4. The molecule has 0 saturated carbocycles. The fourth-order valence-electron chi connectivity index (χ4n) is 3.21. The number of aromatic nitrogens is 2. The summed E-state index contributed by atoms with van der Waals surface area (Å²) >= 11 is 0. The molecule has 0 aliphatic carbocycles. The number of hydrogen-bond donors (Lipinski definition) is 1. The Kier molecular flexibility index (Phi) is 5.31. The zero-order chi connectivity index (χ0) is 19.3. The molecule has 1 atom stereocenters. The number of benzene rings is 2. The van der Waals surface area contributed by atoms with Crippen molar-refractivity contribution in [1.82, 2.24) is 9.97 Å². The first-order chi connectivity index (χ1) is 13.7. The minimum Gasteiger partial charge on any atom is -0.490 e. The summed E-state index contributed by atoms with van der Waals surface area (Å²) < 4.78 is 5.92. The summed E-state index contributed by atoms with van der Waals surface area (Å²) in [5.41, 5.74) is 10.8. The Morgan fingerprint density at radius 2 is 1.71 bits per heavy atom. The molecule has 2 aromatic heterocycles. The van der Waals surface area contributed by atoms with Gasteiger partial charge in [0.15, 0.2) is 0 Å². The van der Waals surface area contributed by atoms with Gasteiger partial charge in [-0.2, -0.15) is 0 Å². The van der Waals surface area contributed by atoms with Crippen LogP contribution in [0.4, 0.5) is 0 Å². The van der Waals surface area contributed by atoms with Crippen molar-refractivity contribution in [2.75, 3.05) is 6.61 Å². The molecular formula is C24H23N3O. The maximum atomic E-state index is 6.25. The van der Waals surface area contributed by atoms with Gasteiger partial charge < -0.3 is 10.5 Å². The van der Waals surface area contributed by atoms with Crippen LogP contribution in [0.15, 0.2) is 79.4 Å². The lowest BCUT2D eigenvalue weighted by molar-refractivity contribution is 0.286. The topological polar surface area (TPSA) is 61.0 Å². The van der Waals surface area contributed by atoms with Crippen LogP contribution in [0.5, 0.6) is 5.75 Å². The fraction of sp³-hybridized carbons (Fsp3) is 0.167. The van der Waals surface area contributed by atoms with Crippen molar-refractivity contribution < 1.29 is 4.74 Å². The Bertz CT molecular complexity index is 1080. The summed E-state index contributed by atoms with van der Waals surface area (Å²) in [7, 11) is 0. The Balaban J connectivity index is 1.43. The molecule has 140 valence electrons. The van der Waals surface area contributed by atoms with E-state index in [1.54, 1.807) is 12.4 Å². The van der Waals surface area contributed by atoms with Crippen molar-refractivity contribution in [3.8, 4) is 16.9 Å². The zero-order valence-corrected chi connectivity index (χ0v) is 15.9. The molecule has 0 aliphatic heterocycles. The first-order valence-corrected chi connectivity index (χ1v) is 9.40. The van der Waals surface area contributed by atoms with Crippen LogP contribution in [0.1, 0.15) is 11.1 Å². The van der Waals surface area contributed by atoms with Gasteiger partial charge in [-0.25, -0.2) is 0 Å². The number of nitrogens with two attached hydrogens (primary N) is 1. The van der Waals surface area contributed by atoms with Crippen molar-refractivity contribution in [3.63, 3.8) is 0 Å². The van der Waals surface area contributed by atoms with Gasteiger partial charge in [0.2, 0.25) is 0 Å². The van der Waals surface area contributed by atoms with E-state index in [2.05, 4.69) is 59.4 Å². The molecule has 4 rings (SSSR count). The highest BCUT2D eigenvalue weighted by atomic mass is 16.5. The summed E-state index contributed by atoms with van der Waals surface area (Å²) in [5.74, 6) is 0.728. The molecule has 1 unspecified atom stereocenters. The molecule has 0 saturated heterocycles. The number of rotatable bonds is 6. The van der Waals surface area contributed by atoms with Gasteiger partial charge in [0.1, 0.15) is 12.4 Å².